The molecule has 4 N–H and O–H groups in total. The number of aromatic nitrogens is 4. The highest BCUT2D eigenvalue weighted by Gasteiger charge is 2.28. The summed E-state index contributed by atoms with van der Waals surface area (Å²) < 4.78 is 2.06. The van der Waals surface area contributed by atoms with Crippen LogP contribution in [0.1, 0.15) is 43.8 Å². The molecular weight excluding hydrogens is 402 g/mol. The van der Waals surface area contributed by atoms with Gasteiger partial charge in [-0.15, -0.1) is 0 Å². The van der Waals surface area contributed by atoms with Gasteiger partial charge in [0.2, 0.25) is 5.91 Å². The number of hydrogen-bond acceptors (Lipinski definition) is 5. The number of para-hydroxylation sites is 1. The van der Waals surface area contributed by atoms with Gasteiger partial charge >= 0.3 is 0 Å². The van der Waals surface area contributed by atoms with Crippen LogP contribution in [0.3, 0.4) is 0 Å². The van der Waals surface area contributed by atoms with E-state index in [4.69, 9.17) is 16.1 Å². The Morgan fingerprint density at radius 2 is 2.09 bits per heavy atom. The summed E-state index contributed by atoms with van der Waals surface area (Å²) in [6.07, 6.45) is 8.65. The van der Waals surface area contributed by atoms with E-state index >= 15 is 0 Å². The van der Waals surface area contributed by atoms with E-state index in [2.05, 4.69) is 32.6 Å². The van der Waals surface area contributed by atoms with E-state index in [0.717, 1.165) is 66.0 Å². The van der Waals surface area contributed by atoms with Crippen molar-refractivity contribution in [2.75, 3.05) is 18.8 Å². The van der Waals surface area contributed by atoms with Gasteiger partial charge in [-0.1, -0.05) is 18.2 Å². The van der Waals surface area contributed by atoms with E-state index in [1.54, 1.807) is 6.20 Å². The van der Waals surface area contributed by atoms with Crippen LogP contribution in [0.15, 0.2) is 42.7 Å². The fourth-order valence-electron chi connectivity index (χ4n) is 4.66. The van der Waals surface area contributed by atoms with Crippen molar-refractivity contribution in [1.29, 1.82) is 5.41 Å². The second-order valence-electron chi connectivity index (χ2n) is 8.37. The Labute approximate surface area is 186 Å². The normalized spacial score (nSPS) is 14.9. The Kier molecular flexibility index (Phi) is 5.34. The number of aromatic amines is 1. The number of imidazole rings is 1. The second kappa shape index (κ2) is 8.45. The van der Waals surface area contributed by atoms with Gasteiger partial charge in [-0.05, 0) is 44.0 Å². The monoisotopic (exact) mass is 429 g/mol. The third-order valence-electron chi connectivity index (χ3n) is 6.35. The van der Waals surface area contributed by atoms with Crippen LogP contribution in [-0.4, -0.2) is 49.5 Å². The zero-order valence-corrected chi connectivity index (χ0v) is 17.9. The Morgan fingerprint density at radius 1 is 1.28 bits per heavy atom. The number of carbonyl (C=O) groups is 1. The molecule has 0 unspecified atom stereocenters. The van der Waals surface area contributed by atoms with Gasteiger partial charge in [-0.25, -0.2) is 9.97 Å². The lowest BCUT2D eigenvalue weighted by molar-refractivity contribution is -0.132. The number of nitrogen functional groups attached to an aromatic ring is 1. The van der Waals surface area contributed by atoms with Gasteiger partial charge in [0.1, 0.15) is 22.9 Å². The lowest BCUT2D eigenvalue weighted by atomic mass is 9.95. The number of benzene rings is 1. The number of rotatable bonds is 6. The largest absolute Gasteiger partial charge is 0.382 e. The average molecular weight is 430 g/mol. The Morgan fingerprint density at radius 3 is 2.88 bits per heavy atom. The maximum Gasteiger partial charge on any atom is 0.222 e. The van der Waals surface area contributed by atoms with Crippen molar-refractivity contribution in [3.05, 3.63) is 48.5 Å². The SMILES string of the molecule is N=CCCCC(=O)N1CCC(c2nc(-c3cc4ccccc4[nH]3)c3c(N)nccn23)CC1. The topological polar surface area (TPSA) is 116 Å². The predicted molar refractivity (Wildman–Crippen MR) is 126 cm³/mol. The summed E-state index contributed by atoms with van der Waals surface area (Å²) >= 11 is 0. The third kappa shape index (κ3) is 3.62. The standard InChI is InChI=1S/C24H27N7O/c25-10-4-3-7-20(32)30-12-8-16(9-13-30)24-29-21(22-23(26)27-11-14-31(22)24)19-15-17-5-1-2-6-18(17)28-19/h1-2,5-6,10-11,14-16,25,28H,3-4,7-9,12-13H2,(H2,26,27). The summed E-state index contributed by atoms with van der Waals surface area (Å²) in [4.78, 5) is 27.2. The molecule has 1 aliphatic rings. The molecule has 0 aliphatic carbocycles. The summed E-state index contributed by atoms with van der Waals surface area (Å²) in [6, 6.07) is 10.3. The molecule has 1 aliphatic heterocycles. The number of piperidine rings is 1. The van der Waals surface area contributed by atoms with Gasteiger partial charge in [-0.3, -0.25) is 9.20 Å². The van der Waals surface area contributed by atoms with Gasteiger partial charge in [0.25, 0.3) is 0 Å². The first-order valence-corrected chi connectivity index (χ1v) is 11.1. The molecule has 3 aromatic heterocycles. The average Bonchev–Trinajstić information content (AvgIpc) is 3.42. The molecule has 32 heavy (non-hydrogen) atoms. The van der Waals surface area contributed by atoms with Gasteiger partial charge in [0.15, 0.2) is 0 Å². The molecule has 0 spiro atoms. The Balaban J connectivity index is 1.44. The Bertz CT molecular complexity index is 1250. The molecule has 4 heterocycles. The minimum atomic E-state index is 0.186. The van der Waals surface area contributed by atoms with Crippen LogP contribution >= 0.6 is 0 Å². The van der Waals surface area contributed by atoms with Crippen molar-refractivity contribution in [3.63, 3.8) is 0 Å². The lowest BCUT2D eigenvalue weighted by Crippen LogP contribution is -2.38. The number of anilines is 1. The number of amides is 1. The molecular formula is C24H27N7O. The van der Waals surface area contributed by atoms with E-state index in [9.17, 15) is 4.79 Å². The molecule has 1 saturated heterocycles. The van der Waals surface area contributed by atoms with Crippen LogP contribution in [0, 0.1) is 5.41 Å². The zero-order chi connectivity index (χ0) is 22.1. The van der Waals surface area contributed by atoms with Crippen LogP contribution < -0.4 is 5.73 Å². The van der Waals surface area contributed by atoms with Crippen molar-refractivity contribution in [3.8, 4) is 11.4 Å². The fourth-order valence-corrected chi connectivity index (χ4v) is 4.66. The predicted octanol–water partition coefficient (Wildman–Crippen LogP) is 3.99. The third-order valence-corrected chi connectivity index (χ3v) is 6.35. The van der Waals surface area contributed by atoms with E-state index in [1.807, 2.05) is 23.2 Å². The highest BCUT2D eigenvalue weighted by molar-refractivity contribution is 5.91. The molecule has 1 aromatic carbocycles. The van der Waals surface area contributed by atoms with Gasteiger partial charge in [0, 0.05) is 48.7 Å². The number of likely N-dealkylation sites (tertiary alicyclic amines) is 1. The zero-order valence-electron chi connectivity index (χ0n) is 17.9. The maximum absolute atomic E-state index is 12.4. The van der Waals surface area contributed by atoms with Crippen LogP contribution in [0.5, 0.6) is 0 Å². The van der Waals surface area contributed by atoms with Crippen LogP contribution in [-0.2, 0) is 4.79 Å². The first-order chi connectivity index (χ1) is 15.7. The van der Waals surface area contributed by atoms with Crippen LogP contribution in [0.4, 0.5) is 5.82 Å². The van der Waals surface area contributed by atoms with Crippen molar-refractivity contribution in [2.45, 2.75) is 38.0 Å². The number of unbranched alkanes of at least 4 members (excludes halogenated alkanes) is 1. The quantitative estimate of drug-likeness (QED) is 0.317. The molecule has 5 rings (SSSR count). The van der Waals surface area contributed by atoms with Gasteiger partial charge in [-0.2, -0.15) is 0 Å². The number of carbonyl (C=O) groups excluding carboxylic acids is 1. The Hall–Kier alpha value is -3.68. The van der Waals surface area contributed by atoms with Crippen LogP contribution in [0.2, 0.25) is 0 Å². The molecule has 0 bridgehead atoms. The number of H-pyrrole nitrogens is 1. The summed E-state index contributed by atoms with van der Waals surface area (Å²) in [6.45, 7) is 1.45. The lowest BCUT2D eigenvalue weighted by Gasteiger charge is -2.31. The van der Waals surface area contributed by atoms with E-state index in [0.29, 0.717) is 18.7 Å². The minimum Gasteiger partial charge on any atom is -0.382 e. The van der Waals surface area contributed by atoms with E-state index in [1.165, 1.54) is 6.21 Å². The van der Waals surface area contributed by atoms with Crippen molar-refractivity contribution >= 4 is 34.4 Å². The number of nitrogens with zero attached hydrogens (tertiary/aromatic N) is 4. The molecule has 164 valence electrons. The molecule has 0 atom stereocenters. The molecule has 1 fully saturated rings. The first kappa shape index (κ1) is 20.2. The molecule has 4 aromatic rings. The van der Waals surface area contributed by atoms with Gasteiger partial charge in [0.05, 0.1) is 5.69 Å². The van der Waals surface area contributed by atoms with E-state index < -0.39 is 0 Å². The van der Waals surface area contributed by atoms with Crippen molar-refractivity contribution in [1.82, 2.24) is 24.3 Å². The van der Waals surface area contributed by atoms with Gasteiger partial charge < -0.3 is 21.0 Å². The number of fused-ring (bicyclic) bond motifs is 2. The number of nitrogens with one attached hydrogen (secondary N) is 2. The van der Waals surface area contributed by atoms with Crippen LogP contribution in [0.25, 0.3) is 27.8 Å². The summed E-state index contributed by atoms with van der Waals surface area (Å²) in [5.41, 5.74) is 9.91. The second-order valence-corrected chi connectivity index (χ2v) is 8.37. The minimum absolute atomic E-state index is 0.186. The van der Waals surface area contributed by atoms with Crippen molar-refractivity contribution in [2.24, 2.45) is 0 Å². The summed E-state index contributed by atoms with van der Waals surface area (Å²) in [5.74, 6) is 1.86. The first-order valence-electron chi connectivity index (χ1n) is 11.1. The summed E-state index contributed by atoms with van der Waals surface area (Å²) in [7, 11) is 0. The smallest absolute Gasteiger partial charge is 0.222 e. The molecule has 1 amide bonds. The summed E-state index contributed by atoms with van der Waals surface area (Å²) in [5, 5.41) is 8.24. The number of nitrogens with two attached hydrogens (primary N) is 1. The molecule has 0 saturated carbocycles. The fraction of sp³-hybridized carbons (Fsp3) is 0.333. The van der Waals surface area contributed by atoms with Crippen molar-refractivity contribution < 1.29 is 4.79 Å². The highest BCUT2D eigenvalue weighted by Crippen LogP contribution is 2.35. The maximum atomic E-state index is 12.4. The van der Waals surface area contributed by atoms with E-state index in [-0.39, 0.29) is 11.8 Å². The molecule has 0 radical (unpaired) electrons. The molecule has 8 nitrogen and oxygen atoms in total. The number of hydrogen-bond donors (Lipinski definition) is 3. The molecule has 8 heteroatoms. The highest BCUT2D eigenvalue weighted by atomic mass is 16.2.